The molecule has 5 heterocycles. The second kappa shape index (κ2) is 9.29. The second-order valence-electron chi connectivity index (χ2n) is 12.6. The van der Waals surface area contributed by atoms with Crippen molar-refractivity contribution in [3.63, 3.8) is 0 Å². The van der Waals surface area contributed by atoms with Crippen LogP contribution in [-0.2, 0) is 29.3 Å². The molecule has 0 radical (unpaired) electrons. The third-order valence-corrected chi connectivity index (χ3v) is 11.1. The van der Waals surface area contributed by atoms with Crippen LogP contribution in [0.4, 0.5) is 5.69 Å². The van der Waals surface area contributed by atoms with Crippen LogP contribution in [0.15, 0.2) is 41.6 Å². The highest BCUT2D eigenvalue weighted by Gasteiger charge is 2.65. The van der Waals surface area contributed by atoms with Gasteiger partial charge in [-0.3, -0.25) is 9.63 Å². The molecule has 1 amide bonds. The molecule has 4 bridgehead atoms. The number of allylic oxidation sites excluding steroid dienone is 1. The summed E-state index contributed by atoms with van der Waals surface area (Å²) in [6, 6.07) is 5.54. The summed E-state index contributed by atoms with van der Waals surface area (Å²) < 4.78 is 17.7. The standard InChI is InChI=1S/C31H38N2O8/c1-5-17-12-32(13-20-27-25(41-28(20)35)8-16(2)31(27,37)15-34)24-11-30(26-10-19(17)21(24)14-40-26)22-7-6-18(38-3)9-23(22)33(39-4)29(30)36/h5-7,9,13,16,19,21,24-27,34,37H,8,10-12,14-15H2,1-4H3. The first-order valence-electron chi connectivity index (χ1n) is 14.6. The molecule has 4 saturated heterocycles. The van der Waals surface area contributed by atoms with E-state index < -0.39 is 35.6 Å². The Morgan fingerprint density at radius 2 is 2.02 bits per heavy atom. The number of amides is 1. The molecule has 9 unspecified atom stereocenters. The third-order valence-electron chi connectivity index (χ3n) is 11.1. The molecule has 220 valence electrons. The van der Waals surface area contributed by atoms with Gasteiger partial charge in [0.1, 0.15) is 22.9 Å². The van der Waals surface area contributed by atoms with Gasteiger partial charge in [-0.05, 0) is 49.7 Å². The Morgan fingerprint density at radius 3 is 2.73 bits per heavy atom. The fraction of sp³-hybridized carbons (Fsp3) is 0.613. The smallest absolute Gasteiger partial charge is 0.336 e. The minimum Gasteiger partial charge on any atom is -0.497 e. The Labute approximate surface area is 239 Å². The lowest BCUT2D eigenvalue weighted by atomic mass is 9.72. The van der Waals surface area contributed by atoms with Crippen molar-refractivity contribution < 1.29 is 38.9 Å². The Hall–Kier alpha value is -2.92. The van der Waals surface area contributed by atoms with E-state index in [1.165, 1.54) is 17.7 Å². The Bertz CT molecular complexity index is 1360. The van der Waals surface area contributed by atoms with Gasteiger partial charge in [0.15, 0.2) is 0 Å². The summed E-state index contributed by atoms with van der Waals surface area (Å²) in [5, 5.41) is 23.0. The van der Waals surface area contributed by atoms with Gasteiger partial charge in [0.2, 0.25) is 0 Å². The molecule has 2 aliphatic carbocycles. The van der Waals surface area contributed by atoms with E-state index in [-0.39, 0.29) is 35.8 Å². The summed E-state index contributed by atoms with van der Waals surface area (Å²) in [5.74, 6) is -0.450. The molecule has 1 aromatic carbocycles. The SMILES string of the molecule is CC=C1CN(C=C2C(=O)OC3CC(C)C(O)(CO)C23)C2CC3(C(=O)N(OC)c4cc(OC)ccc43)C3CC1C2CO3. The number of rotatable bonds is 4. The number of hydrogen-bond donors (Lipinski definition) is 2. The lowest BCUT2D eigenvalue weighted by Crippen LogP contribution is -2.51. The van der Waals surface area contributed by atoms with Crippen LogP contribution in [0.5, 0.6) is 5.75 Å². The Balaban J connectivity index is 1.35. The van der Waals surface area contributed by atoms with E-state index in [9.17, 15) is 19.8 Å². The van der Waals surface area contributed by atoms with Gasteiger partial charge < -0.3 is 29.3 Å². The van der Waals surface area contributed by atoms with Crippen LogP contribution in [0.3, 0.4) is 0 Å². The number of piperidine rings is 1. The first-order valence-corrected chi connectivity index (χ1v) is 14.6. The number of esters is 1. The van der Waals surface area contributed by atoms with E-state index in [2.05, 4.69) is 11.0 Å². The van der Waals surface area contributed by atoms with Crippen LogP contribution in [0.1, 0.15) is 38.7 Å². The van der Waals surface area contributed by atoms with Gasteiger partial charge in [0, 0.05) is 30.8 Å². The fourth-order valence-corrected chi connectivity index (χ4v) is 8.91. The molecular weight excluding hydrogens is 528 g/mol. The number of ether oxygens (including phenoxy) is 3. The largest absolute Gasteiger partial charge is 0.497 e. The molecule has 1 spiro atoms. The molecular formula is C31H38N2O8. The minimum absolute atomic E-state index is 0.112. The number of likely N-dealkylation sites (tertiary alicyclic amines) is 1. The Morgan fingerprint density at radius 1 is 1.22 bits per heavy atom. The number of benzene rings is 1. The van der Waals surface area contributed by atoms with E-state index in [1.54, 1.807) is 7.11 Å². The van der Waals surface area contributed by atoms with Crippen LogP contribution in [0.25, 0.3) is 0 Å². The van der Waals surface area contributed by atoms with Crippen LogP contribution in [0.2, 0.25) is 0 Å². The third kappa shape index (κ3) is 3.45. The highest BCUT2D eigenvalue weighted by molar-refractivity contribution is 6.07. The normalized spacial score (nSPS) is 42.7. The predicted molar refractivity (Wildman–Crippen MR) is 147 cm³/mol. The van der Waals surface area contributed by atoms with Gasteiger partial charge in [-0.1, -0.05) is 24.6 Å². The van der Waals surface area contributed by atoms with Gasteiger partial charge in [-0.15, -0.1) is 0 Å². The van der Waals surface area contributed by atoms with Crippen molar-refractivity contribution in [2.75, 3.05) is 39.0 Å². The van der Waals surface area contributed by atoms with Crippen molar-refractivity contribution >= 4 is 17.6 Å². The van der Waals surface area contributed by atoms with Gasteiger partial charge >= 0.3 is 5.97 Å². The molecule has 6 fully saturated rings. The summed E-state index contributed by atoms with van der Waals surface area (Å²) in [7, 11) is 3.09. The van der Waals surface area contributed by atoms with Crippen molar-refractivity contribution in [2.24, 2.45) is 23.7 Å². The number of aliphatic hydroxyl groups excluding tert-OH is 1. The average molecular weight is 567 g/mol. The molecule has 8 rings (SSSR count). The predicted octanol–water partition coefficient (Wildman–Crippen LogP) is 2.09. The molecule has 7 aliphatic rings. The van der Waals surface area contributed by atoms with Crippen LogP contribution < -0.4 is 9.80 Å². The van der Waals surface area contributed by atoms with E-state index >= 15 is 0 Å². The summed E-state index contributed by atoms with van der Waals surface area (Å²) in [6.07, 6.45) is 4.90. The number of fused-ring (bicyclic) bond motifs is 3. The van der Waals surface area contributed by atoms with E-state index in [0.717, 1.165) is 5.56 Å². The van der Waals surface area contributed by atoms with Crippen molar-refractivity contribution in [2.45, 2.75) is 62.4 Å². The van der Waals surface area contributed by atoms with Gasteiger partial charge in [-0.25, -0.2) is 4.79 Å². The molecule has 5 aliphatic heterocycles. The molecule has 9 atom stereocenters. The molecule has 10 heteroatoms. The summed E-state index contributed by atoms with van der Waals surface area (Å²) in [6.45, 7) is 4.57. The van der Waals surface area contributed by atoms with Crippen LogP contribution in [-0.4, -0.2) is 84.8 Å². The van der Waals surface area contributed by atoms with Gasteiger partial charge in [0.05, 0.1) is 50.7 Å². The highest BCUT2D eigenvalue weighted by Crippen LogP contribution is 2.58. The molecule has 0 aromatic heterocycles. The van der Waals surface area contributed by atoms with Crippen molar-refractivity contribution in [1.29, 1.82) is 0 Å². The first kappa shape index (κ1) is 26.9. The molecule has 10 nitrogen and oxygen atoms in total. The molecule has 41 heavy (non-hydrogen) atoms. The topological polar surface area (TPSA) is 118 Å². The quantitative estimate of drug-likeness (QED) is 0.321. The number of carbonyl (C=O) groups excluding carboxylic acids is 2. The molecule has 2 N–H and O–H groups in total. The number of methoxy groups -OCH3 is 1. The average Bonchev–Trinajstić information content (AvgIpc) is 3.42. The maximum Gasteiger partial charge on any atom is 0.336 e. The van der Waals surface area contributed by atoms with Gasteiger partial charge in [0.25, 0.3) is 5.91 Å². The number of hydroxylamine groups is 1. The summed E-state index contributed by atoms with van der Waals surface area (Å²) in [4.78, 5) is 35.4. The lowest BCUT2D eigenvalue weighted by Gasteiger charge is -2.47. The molecule has 2 saturated carbocycles. The monoisotopic (exact) mass is 566 g/mol. The van der Waals surface area contributed by atoms with E-state index in [0.29, 0.717) is 49.4 Å². The second-order valence-corrected chi connectivity index (χ2v) is 12.6. The van der Waals surface area contributed by atoms with E-state index in [1.807, 2.05) is 38.2 Å². The van der Waals surface area contributed by atoms with Gasteiger partial charge in [-0.2, -0.15) is 5.06 Å². The first-order chi connectivity index (χ1) is 19.7. The van der Waals surface area contributed by atoms with Crippen molar-refractivity contribution in [3.8, 4) is 5.75 Å². The number of carbonyl (C=O) groups is 2. The molecule has 1 aromatic rings. The van der Waals surface area contributed by atoms with Crippen molar-refractivity contribution in [1.82, 2.24) is 4.90 Å². The lowest BCUT2D eigenvalue weighted by molar-refractivity contribution is -0.139. The zero-order valence-electron chi connectivity index (χ0n) is 23.9. The van der Waals surface area contributed by atoms with E-state index in [4.69, 9.17) is 19.0 Å². The highest BCUT2D eigenvalue weighted by atomic mass is 16.7. The summed E-state index contributed by atoms with van der Waals surface area (Å²) in [5.41, 5.74) is 0.745. The van der Waals surface area contributed by atoms with Crippen LogP contribution >= 0.6 is 0 Å². The van der Waals surface area contributed by atoms with Crippen LogP contribution in [0, 0.1) is 23.7 Å². The summed E-state index contributed by atoms with van der Waals surface area (Å²) >= 11 is 0. The minimum atomic E-state index is -1.44. The Kier molecular flexibility index (Phi) is 6.11. The number of anilines is 1. The number of hydrogen-bond acceptors (Lipinski definition) is 9. The zero-order chi connectivity index (χ0) is 28.8. The number of nitrogens with zero attached hydrogens (tertiary/aromatic N) is 2. The zero-order valence-corrected chi connectivity index (χ0v) is 23.9. The maximum atomic E-state index is 14.4. The van der Waals surface area contributed by atoms with Crippen molar-refractivity contribution in [3.05, 3.63) is 47.2 Å². The maximum absolute atomic E-state index is 14.4. The fourth-order valence-electron chi connectivity index (χ4n) is 8.91. The number of aliphatic hydroxyl groups is 2.